The number of rotatable bonds is 8. The highest BCUT2D eigenvalue weighted by atomic mass is 35.5. The van der Waals surface area contributed by atoms with Crippen LogP contribution in [0.5, 0.6) is 0 Å². The Kier molecular flexibility index (Phi) is 6.91. The number of hydrogen-bond donors (Lipinski definition) is 2. The number of aliphatic hydroxyl groups excluding tert-OH is 1. The first-order valence-electron chi connectivity index (χ1n) is 5.89. The standard InChI is InChI=1S/C12H15ClN2O4S/c13-11-8-10(9-14)2-3-12(11)20(17,18)15-4-1-6-19-7-5-16/h2-3,8,15-16H,1,4-7H2. The van der Waals surface area contributed by atoms with Crippen molar-refractivity contribution in [3.8, 4) is 6.07 Å². The lowest BCUT2D eigenvalue weighted by molar-refractivity contribution is 0.0913. The number of halogens is 1. The van der Waals surface area contributed by atoms with Crippen molar-refractivity contribution in [3.05, 3.63) is 28.8 Å². The molecule has 8 heteroatoms. The third-order valence-corrected chi connectivity index (χ3v) is 4.29. The number of nitriles is 1. The molecule has 0 atom stereocenters. The van der Waals surface area contributed by atoms with Crippen molar-refractivity contribution >= 4 is 21.6 Å². The summed E-state index contributed by atoms with van der Waals surface area (Å²) in [5.74, 6) is 0. The average Bonchev–Trinajstić information content (AvgIpc) is 2.42. The second kappa shape index (κ2) is 8.19. The molecule has 0 unspecified atom stereocenters. The highest BCUT2D eigenvalue weighted by Crippen LogP contribution is 2.22. The van der Waals surface area contributed by atoms with Crippen molar-refractivity contribution in [2.75, 3.05) is 26.4 Å². The Hall–Kier alpha value is -1.17. The molecule has 0 saturated heterocycles. The second-order valence-electron chi connectivity index (χ2n) is 3.84. The topological polar surface area (TPSA) is 99.4 Å². The minimum Gasteiger partial charge on any atom is -0.394 e. The molecule has 0 aliphatic rings. The predicted molar refractivity (Wildman–Crippen MR) is 73.9 cm³/mol. The largest absolute Gasteiger partial charge is 0.394 e. The Balaban J connectivity index is 2.59. The predicted octanol–water partition coefficient (Wildman–Crippen LogP) is 0.889. The molecule has 0 amide bonds. The molecule has 2 N–H and O–H groups in total. The molecule has 0 bridgehead atoms. The van der Waals surface area contributed by atoms with Crippen molar-refractivity contribution in [2.24, 2.45) is 0 Å². The van der Waals surface area contributed by atoms with Crippen LogP contribution in [0.25, 0.3) is 0 Å². The molecular weight excluding hydrogens is 304 g/mol. The van der Waals surface area contributed by atoms with Gasteiger partial charge in [0.1, 0.15) is 4.90 Å². The molecule has 1 aromatic carbocycles. The highest BCUT2D eigenvalue weighted by Gasteiger charge is 2.17. The van der Waals surface area contributed by atoms with E-state index in [0.29, 0.717) is 18.6 Å². The lowest BCUT2D eigenvalue weighted by Crippen LogP contribution is -2.26. The monoisotopic (exact) mass is 318 g/mol. The van der Waals surface area contributed by atoms with E-state index in [1.165, 1.54) is 18.2 Å². The van der Waals surface area contributed by atoms with E-state index < -0.39 is 10.0 Å². The minimum atomic E-state index is -3.70. The molecule has 0 radical (unpaired) electrons. The molecule has 0 heterocycles. The molecule has 0 fully saturated rings. The highest BCUT2D eigenvalue weighted by molar-refractivity contribution is 7.89. The van der Waals surface area contributed by atoms with Crippen molar-refractivity contribution < 1.29 is 18.3 Å². The van der Waals surface area contributed by atoms with E-state index in [-0.39, 0.29) is 29.7 Å². The number of sulfonamides is 1. The van der Waals surface area contributed by atoms with E-state index >= 15 is 0 Å². The summed E-state index contributed by atoms with van der Waals surface area (Å²) in [6, 6.07) is 5.88. The van der Waals surface area contributed by atoms with Crippen molar-refractivity contribution in [3.63, 3.8) is 0 Å². The zero-order valence-corrected chi connectivity index (χ0v) is 12.2. The van der Waals surface area contributed by atoms with Crippen LogP contribution >= 0.6 is 11.6 Å². The van der Waals surface area contributed by atoms with E-state index in [9.17, 15) is 8.42 Å². The maximum atomic E-state index is 12.0. The number of hydrogen-bond acceptors (Lipinski definition) is 5. The van der Waals surface area contributed by atoms with Crippen LogP contribution in [0.15, 0.2) is 23.1 Å². The number of nitrogens with one attached hydrogen (secondary N) is 1. The number of ether oxygens (including phenoxy) is 1. The number of nitrogens with zero attached hydrogens (tertiary/aromatic N) is 1. The lowest BCUT2D eigenvalue weighted by atomic mass is 10.2. The van der Waals surface area contributed by atoms with Gasteiger partial charge in [0, 0.05) is 13.2 Å². The van der Waals surface area contributed by atoms with Crippen molar-refractivity contribution in [1.82, 2.24) is 4.72 Å². The Morgan fingerprint density at radius 1 is 1.40 bits per heavy atom. The molecule has 0 spiro atoms. The fraction of sp³-hybridized carbons (Fsp3) is 0.417. The van der Waals surface area contributed by atoms with E-state index in [1.807, 2.05) is 6.07 Å². The average molecular weight is 319 g/mol. The quantitative estimate of drug-likeness (QED) is 0.693. The van der Waals surface area contributed by atoms with E-state index in [0.717, 1.165) is 0 Å². The minimum absolute atomic E-state index is 0.00748. The molecule has 0 aromatic heterocycles. The summed E-state index contributed by atoms with van der Waals surface area (Å²) < 4.78 is 31.4. The Morgan fingerprint density at radius 3 is 2.75 bits per heavy atom. The van der Waals surface area contributed by atoms with E-state index in [4.69, 9.17) is 26.7 Å². The Bertz CT molecular complexity index is 584. The van der Waals surface area contributed by atoms with E-state index in [2.05, 4.69) is 4.72 Å². The second-order valence-corrected chi connectivity index (χ2v) is 5.99. The first-order valence-corrected chi connectivity index (χ1v) is 7.75. The molecule has 0 aliphatic heterocycles. The first kappa shape index (κ1) is 16.9. The van der Waals surface area contributed by atoms with Gasteiger partial charge in [-0.3, -0.25) is 0 Å². The van der Waals surface area contributed by atoms with Crippen LogP contribution in [-0.4, -0.2) is 39.9 Å². The van der Waals surface area contributed by atoms with Crippen LogP contribution in [0.2, 0.25) is 5.02 Å². The normalized spacial score (nSPS) is 11.2. The van der Waals surface area contributed by atoms with Crippen LogP contribution in [0.1, 0.15) is 12.0 Å². The molecule has 0 aliphatic carbocycles. The zero-order chi connectivity index (χ0) is 15.0. The summed E-state index contributed by atoms with van der Waals surface area (Å²) >= 11 is 5.85. The number of benzene rings is 1. The van der Waals surface area contributed by atoms with Gasteiger partial charge in [-0.15, -0.1) is 0 Å². The van der Waals surface area contributed by atoms with Gasteiger partial charge in [-0.25, -0.2) is 13.1 Å². The molecule has 20 heavy (non-hydrogen) atoms. The molecule has 110 valence electrons. The third kappa shape index (κ3) is 5.07. The smallest absolute Gasteiger partial charge is 0.242 e. The molecular formula is C12H15ClN2O4S. The molecule has 1 rings (SSSR count). The molecule has 0 saturated carbocycles. The summed E-state index contributed by atoms with van der Waals surface area (Å²) in [4.78, 5) is -0.0607. The van der Waals surface area contributed by atoms with E-state index in [1.54, 1.807) is 0 Å². The van der Waals surface area contributed by atoms with Gasteiger partial charge < -0.3 is 9.84 Å². The maximum Gasteiger partial charge on any atom is 0.242 e. The summed E-state index contributed by atoms with van der Waals surface area (Å²) in [6.07, 6.45) is 0.479. The van der Waals surface area contributed by atoms with Gasteiger partial charge in [0.25, 0.3) is 0 Å². The zero-order valence-electron chi connectivity index (χ0n) is 10.7. The maximum absolute atomic E-state index is 12.0. The van der Waals surface area contributed by atoms with Crippen molar-refractivity contribution in [2.45, 2.75) is 11.3 Å². The first-order chi connectivity index (χ1) is 9.51. The summed E-state index contributed by atoms with van der Waals surface area (Å²) in [6.45, 7) is 0.717. The lowest BCUT2D eigenvalue weighted by Gasteiger charge is -2.08. The van der Waals surface area contributed by atoms with Gasteiger partial charge in [0.05, 0.1) is 29.9 Å². The molecule has 1 aromatic rings. The Morgan fingerprint density at radius 2 is 2.15 bits per heavy atom. The van der Waals surface area contributed by atoms with Gasteiger partial charge in [-0.2, -0.15) is 5.26 Å². The van der Waals surface area contributed by atoms with Crippen LogP contribution in [0.3, 0.4) is 0 Å². The summed E-state index contributed by atoms with van der Waals surface area (Å²) in [5.41, 5.74) is 0.298. The van der Waals surface area contributed by atoms with Gasteiger partial charge in [-0.1, -0.05) is 11.6 Å². The van der Waals surface area contributed by atoms with Gasteiger partial charge in [-0.05, 0) is 24.6 Å². The van der Waals surface area contributed by atoms with Crippen molar-refractivity contribution in [1.29, 1.82) is 5.26 Å². The third-order valence-electron chi connectivity index (χ3n) is 2.34. The molecule has 6 nitrogen and oxygen atoms in total. The summed E-state index contributed by atoms with van der Waals surface area (Å²) in [7, 11) is -3.70. The van der Waals surface area contributed by atoms with Crippen LogP contribution < -0.4 is 4.72 Å². The van der Waals surface area contributed by atoms with Crippen LogP contribution in [0.4, 0.5) is 0 Å². The Labute approximate surface area is 123 Å². The number of aliphatic hydroxyl groups is 1. The van der Waals surface area contributed by atoms with Gasteiger partial charge in [0.2, 0.25) is 10.0 Å². The van der Waals surface area contributed by atoms with Gasteiger partial charge in [0.15, 0.2) is 0 Å². The summed E-state index contributed by atoms with van der Waals surface area (Å²) in [5, 5.41) is 17.2. The fourth-order valence-corrected chi connectivity index (χ4v) is 3.03. The fourth-order valence-electron chi connectivity index (χ4n) is 1.41. The van der Waals surface area contributed by atoms with Gasteiger partial charge >= 0.3 is 0 Å². The van der Waals surface area contributed by atoms with Crippen LogP contribution in [-0.2, 0) is 14.8 Å². The SMILES string of the molecule is N#Cc1ccc(S(=O)(=O)NCCCOCCO)c(Cl)c1. The van der Waals surface area contributed by atoms with Crippen LogP contribution in [0, 0.1) is 11.3 Å².